The molecular weight excluding hydrogens is 595 g/mol. The third-order valence-corrected chi connectivity index (χ3v) is 10.4. The highest BCUT2D eigenvalue weighted by Crippen LogP contribution is 2.40. The number of hydrogen-bond acceptors (Lipinski definition) is 8. The molecule has 1 aliphatic heterocycles. The number of ether oxygens (including phenoxy) is 2. The second kappa shape index (κ2) is 12.1. The van der Waals surface area contributed by atoms with E-state index in [-0.39, 0.29) is 41.3 Å². The smallest absolute Gasteiger partial charge is 0.244 e. The number of halogens is 1. The predicted molar refractivity (Wildman–Crippen MR) is 169 cm³/mol. The maximum Gasteiger partial charge on any atom is 0.244 e. The van der Waals surface area contributed by atoms with E-state index in [9.17, 15) is 8.42 Å². The largest absolute Gasteiger partial charge is 0.497 e. The molecular formula is C33H39FN6O4S. The van der Waals surface area contributed by atoms with Gasteiger partial charge in [-0.25, -0.2) is 17.5 Å². The van der Waals surface area contributed by atoms with Crippen LogP contribution in [-0.2, 0) is 35.1 Å². The van der Waals surface area contributed by atoms with Crippen molar-refractivity contribution in [2.45, 2.75) is 88.9 Å². The number of sulfonamides is 1. The molecule has 1 saturated carbocycles. The molecule has 0 radical (unpaired) electrons. The number of aryl methyl sites for hydroxylation is 1. The van der Waals surface area contributed by atoms with E-state index in [4.69, 9.17) is 14.6 Å². The summed E-state index contributed by atoms with van der Waals surface area (Å²) in [6, 6.07) is 14.1. The van der Waals surface area contributed by atoms with E-state index in [0.29, 0.717) is 17.4 Å². The summed E-state index contributed by atoms with van der Waals surface area (Å²) in [6.07, 6.45) is 5.06. The van der Waals surface area contributed by atoms with E-state index >= 15 is 4.39 Å². The van der Waals surface area contributed by atoms with Crippen LogP contribution in [0.2, 0.25) is 0 Å². The van der Waals surface area contributed by atoms with E-state index in [1.54, 1.807) is 25.4 Å². The van der Waals surface area contributed by atoms with Gasteiger partial charge in [0.15, 0.2) is 5.82 Å². The molecule has 1 N–H and O–H groups in total. The highest BCUT2D eigenvalue weighted by molar-refractivity contribution is 7.89. The van der Waals surface area contributed by atoms with Crippen LogP contribution in [0.5, 0.6) is 11.6 Å². The summed E-state index contributed by atoms with van der Waals surface area (Å²) in [5.74, 6) is 1.49. The van der Waals surface area contributed by atoms with E-state index in [1.165, 1.54) is 16.4 Å². The Bertz CT molecular complexity index is 1800. The van der Waals surface area contributed by atoms with Gasteiger partial charge in [0, 0.05) is 36.2 Å². The minimum atomic E-state index is -3.85. The SMILES string of the molecule is CCc1ccnnc1O[C@@H]1CC[C@H](c2cc(Nc3ccc4c(c3F)CN(Cc3ccc(OC)cc3)S4(=O)=O)n(C(C)(C)C)n2)C1. The number of anilines is 2. The molecule has 12 heteroatoms. The number of nitrogens with one attached hydrogen (secondary N) is 1. The second-order valence-electron chi connectivity index (χ2n) is 12.7. The van der Waals surface area contributed by atoms with Crippen LogP contribution in [0.3, 0.4) is 0 Å². The summed E-state index contributed by atoms with van der Waals surface area (Å²) in [7, 11) is -2.27. The Morgan fingerprint density at radius 1 is 1.09 bits per heavy atom. The molecule has 0 bridgehead atoms. The van der Waals surface area contributed by atoms with Crippen LogP contribution in [0, 0.1) is 5.82 Å². The van der Waals surface area contributed by atoms with Crippen LogP contribution in [0.25, 0.3) is 0 Å². The van der Waals surface area contributed by atoms with Crippen molar-refractivity contribution in [2.75, 3.05) is 12.4 Å². The Balaban J connectivity index is 1.22. The van der Waals surface area contributed by atoms with Gasteiger partial charge in [-0.1, -0.05) is 19.1 Å². The van der Waals surface area contributed by atoms with Gasteiger partial charge in [-0.05, 0) is 82.3 Å². The van der Waals surface area contributed by atoms with Gasteiger partial charge in [0.1, 0.15) is 17.7 Å². The summed E-state index contributed by atoms with van der Waals surface area (Å²) in [6.45, 7) is 8.27. The Labute approximate surface area is 263 Å². The second-order valence-corrected chi connectivity index (χ2v) is 14.6. The molecule has 45 heavy (non-hydrogen) atoms. The first-order valence-corrected chi connectivity index (χ1v) is 16.7. The molecule has 0 unspecified atom stereocenters. The zero-order chi connectivity index (χ0) is 31.9. The molecule has 2 atom stereocenters. The normalized spacial score (nSPS) is 19.4. The lowest BCUT2D eigenvalue weighted by atomic mass is 10.0. The van der Waals surface area contributed by atoms with Gasteiger partial charge in [-0.2, -0.15) is 14.5 Å². The summed E-state index contributed by atoms with van der Waals surface area (Å²) in [5, 5.41) is 16.4. The molecule has 10 nitrogen and oxygen atoms in total. The Morgan fingerprint density at radius 2 is 1.87 bits per heavy atom. The lowest BCUT2D eigenvalue weighted by Gasteiger charge is -2.23. The topological polar surface area (TPSA) is 111 Å². The van der Waals surface area contributed by atoms with E-state index in [0.717, 1.165) is 42.5 Å². The molecule has 3 heterocycles. The van der Waals surface area contributed by atoms with Crippen LogP contribution in [0.15, 0.2) is 59.6 Å². The van der Waals surface area contributed by atoms with Gasteiger partial charge in [0.05, 0.1) is 35.1 Å². The van der Waals surface area contributed by atoms with Crippen molar-refractivity contribution in [1.29, 1.82) is 0 Å². The van der Waals surface area contributed by atoms with Crippen LogP contribution in [0.4, 0.5) is 15.9 Å². The number of fused-ring (bicyclic) bond motifs is 1. The highest BCUT2D eigenvalue weighted by Gasteiger charge is 2.38. The van der Waals surface area contributed by atoms with Gasteiger partial charge in [-0.15, -0.1) is 5.10 Å². The van der Waals surface area contributed by atoms with Crippen molar-refractivity contribution in [3.05, 3.63) is 82.9 Å². The minimum Gasteiger partial charge on any atom is -0.497 e. The number of methoxy groups -OCH3 is 1. The highest BCUT2D eigenvalue weighted by atomic mass is 32.2. The Hall–Kier alpha value is -4.03. The van der Waals surface area contributed by atoms with Gasteiger partial charge in [-0.3, -0.25) is 0 Å². The van der Waals surface area contributed by atoms with Crippen molar-refractivity contribution in [1.82, 2.24) is 24.3 Å². The number of benzene rings is 2. The fraction of sp³-hybridized carbons (Fsp3) is 0.424. The van der Waals surface area contributed by atoms with Crippen molar-refractivity contribution in [3.8, 4) is 11.6 Å². The van der Waals surface area contributed by atoms with Crippen molar-refractivity contribution in [3.63, 3.8) is 0 Å². The first kappa shape index (κ1) is 31.0. The number of nitrogens with zero attached hydrogens (tertiary/aromatic N) is 5. The van der Waals surface area contributed by atoms with Crippen LogP contribution < -0.4 is 14.8 Å². The summed E-state index contributed by atoms with van der Waals surface area (Å²) >= 11 is 0. The van der Waals surface area contributed by atoms with Gasteiger partial charge >= 0.3 is 0 Å². The van der Waals surface area contributed by atoms with Crippen LogP contribution >= 0.6 is 0 Å². The van der Waals surface area contributed by atoms with Crippen molar-refractivity contribution < 1.29 is 22.3 Å². The Morgan fingerprint density at radius 3 is 2.58 bits per heavy atom. The molecule has 6 rings (SSSR count). The molecule has 1 fully saturated rings. The fourth-order valence-corrected chi connectivity index (χ4v) is 7.69. The summed E-state index contributed by atoms with van der Waals surface area (Å²) < 4.78 is 57.3. The first-order valence-electron chi connectivity index (χ1n) is 15.3. The van der Waals surface area contributed by atoms with Gasteiger partial charge in [0.25, 0.3) is 0 Å². The van der Waals surface area contributed by atoms with Gasteiger partial charge < -0.3 is 14.8 Å². The Kier molecular flexibility index (Phi) is 8.30. The fourth-order valence-electron chi connectivity index (χ4n) is 6.09. The summed E-state index contributed by atoms with van der Waals surface area (Å²) in [5.41, 5.74) is 2.69. The molecule has 0 spiro atoms. The molecule has 2 aromatic heterocycles. The maximum absolute atomic E-state index is 16.0. The lowest BCUT2D eigenvalue weighted by Crippen LogP contribution is -2.25. The standard InChI is InChI=1S/C33H39FN6O4S/c1-6-22-15-16-35-37-32(22)44-25-12-9-23(17-25)28-18-30(40(38-28)33(2,3)4)36-27-13-14-29-26(31(27)34)20-39(45(29,41)42)19-21-7-10-24(43-5)11-8-21/h7-8,10-11,13-16,18,23,25,36H,6,9,12,17,19-20H2,1-5H3/t23-,25+/m0/s1. The van der Waals surface area contributed by atoms with Crippen molar-refractivity contribution in [2.24, 2.45) is 0 Å². The molecule has 1 aliphatic carbocycles. The molecule has 0 saturated heterocycles. The van der Waals surface area contributed by atoms with Crippen molar-refractivity contribution >= 4 is 21.5 Å². The zero-order valence-electron chi connectivity index (χ0n) is 26.2. The van der Waals surface area contributed by atoms with Crippen LogP contribution in [-0.4, -0.2) is 45.9 Å². The minimum absolute atomic E-state index is 0.00425. The molecule has 238 valence electrons. The molecule has 0 amide bonds. The van der Waals surface area contributed by atoms with Crippen LogP contribution in [0.1, 0.15) is 75.3 Å². The predicted octanol–water partition coefficient (Wildman–Crippen LogP) is 6.30. The molecule has 4 aromatic rings. The van der Waals surface area contributed by atoms with E-state index in [2.05, 4.69) is 22.4 Å². The third kappa shape index (κ3) is 6.13. The molecule has 2 aromatic carbocycles. The number of aromatic nitrogens is 4. The first-order chi connectivity index (χ1) is 21.5. The average Bonchev–Trinajstić information content (AvgIpc) is 3.72. The number of hydrogen-bond donors (Lipinski definition) is 1. The third-order valence-electron chi connectivity index (χ3n) is 8.52. The summed E-state index contributed by atoms with van der Waals surface area (Å²) in [4.78, 5) is -0.00425. The maximum atomic E-state index is 16.0. The quantitative estimate of drug-likeness (QED) is 0.228. The van der Waals surface area contributed by atoms with Gasteiger partial charge in [0.2, 0.25) is 15.9 Å². The zero-order valence-corrected chi connectivity index (χ0v) is 27.1. The van der Waals surface area contributed by atoms with E-state index < -0.39 is 21.4 Å². The van der Waals surface area contributed by atoms with E-state index in [1.807, 2.05) is 49.7 Å². The lowest BCUT2D eigenvalue weighted by molar-refractivity contribution is 0.195. The molecule has 2 aliphatic rings. The number of rotatable bonds is 9. The average molecular weight is 635 g/mol. The monoisotopic (exact) mass is 634 g/mol.